The first-order valence-corrected chi connectivity index (χ1v) is 11.2. The van der Waals surface area contributed by atoms with Crippen LogP contribution in [0.1, 0.15) is 27.5 Å². The van der Waals surface area contributed by atoms with Crippen LogP contribution in [0, 0.1) is 0 Å². The SMILES string of the molecule is CN(C)C(=O)c1ccc(NC(=O)CN2C(=O)C(c3ccccc3)N(Cc3ccccc3)C2=O)cc1. The number of rotatable bonds is 7. The van der Waals surface area contributed by atoms with Gasteiger partial charge in [-0.3, -0.25) is 19.3 Å². The van der Waals surface area contributed by atoms with Crippen LogP contribution in [-0.4, -0.2) is 59.1 Å². The Bertz CT molecular complexity index is 1230. The van der Waals surface area contributed by atoms with Gasteiger partial charge in [-0.2, -0.15) is 0 Å². The lowest BCUT2D eigenvalue weighted by Gasteiger charge is -2.22. The number of nitrogens with zero attached hydrogens (tertiary/aromatic N) is 3. The summed E-state index contributed by atoms with van der Waals surface area (Å²) >= 11 is 0. The zero-order chi connectivity index (χ0) is 24.9. The lowest BCUT2D eigenvalue weighted by Crippen LogP contribution is -2.38. The van der Waals surface area contributed by atoms with Gasteiger partial charge in [0, 0.05) is 31.9 Å². The highest BCUT2D eigenvalue weighted by Crippen LogP contribution is 2.32. The predicted octanol–water partition coefficient (Wildman–Crippen LogP) is 3.53. The highest BCUT2D eigenvalue weighted by atomic mass is 16.2. The van der Waals surface area contributed by atoms with Gasteiger partial charge in [-0.25, -0.2) is 4.79 Å². The maximum Gasteiger partial charge on any atom is 0.328 e. The average molecular weight is 471 g/mol. The summed E-state index contributed by atoms with van der Waals surface area (Å²) in [4.78, 5) is 55.3. The molecule has 3 aromatic carbocycles. The fourth-order valence-electron chi connectivity index (χ4n) is 3.98. The van der Waals surface area contributed by atoms with E-state index in [1.807, 2.05) is 48.5 Å². The van der Waals surface area contributed by atoms with E-state index in [0.717, 1.165) is 10.5 Å². The molecule has 35 heavy (non-hydrogen) atoms. The molecule has 1 fully saturated rings. The van der Waals surface area contributed by atoms with Crippen molar-refractivity contribution in [2.75, 3.05) is 26.0 Å². The summed E-state index contributed by atoms with van der Waals surface area (Å²) < 4.78 is 0. The van der Waals surface area contributed by atoms with Crippen molar-refractivity contribution in [2.24, 2.45) is 0 Å². The fourth-order valence-corrected chi connectivity index (χ4v) is 3.98. The van der Waals surface area contributed by atoms with E-state index in [1.54, 1.807) is 50.5 Å². The van der Waals surface area contributed by atoms with E-state index < -0.39 is 30.4 Å². The largest absolute Gasteiger partial charge is 0.345 e. The number of imide groups is 1. The van der Waals surface area contributed by atoms with Gasteiger partial charge in [0.05, 0.1) is 0 Å². The third-order valence-electron chi connectivity index (χ3n) is 5.72. The van der Waals surface area contributed by atoms with Crippen LogP contribution in [0.2, 0.25) is 0 Å². The van der Waals surface area contributed by atoms with Crippen molar-refractivity contribution in [3.05, 3.63) is 102 Å². The molecule has 1 N–H and O–H groups in total. The molecule has 5 amide bonds. The Kier molecular flexibility index (Phi) is 6.91. The van der Waals surface area contributed by atoms with E-state index in [0.29, 0.717) is 16.8 Å². The van der Waals surface area contributed by atoms with Gasteiger partial charge in [-0.05, 0) is 35.4 Å². The van der Waals surface area contributed by atoms with Gasteiger partial charge in [0.2, 0.25) is 5.91 Å². The monoisotopic (exact) mass is 470 g/mol. The minimum atomic E-state index is -0.812. The Balaban J connectivity index is 1.51. The summed E-state index contributed by atoms with van der Waals surface area (Å²) in [6, 6.07) is 23.6. The average Bonchev–Trinajstić information content (AvgIpc) is 3.09. The first-order chi connectivity index (χ1) is 16.8. The summed E-state index contributed by atoms with van der Waals surface area (Å²) in [6.45, 7) is -0.171. The summed E-state index contributed by atoms with van der Waals surface area (Å²) in [5.74, 6) is -1.10. The molecule has 0 aromatic heterocycles. The summed E-state index contributed by atoms with van der Waals surface area (Å²) in [5, 5.41) is 2.70. The van der Waals surface area contributed by atoms with Crippen molar-refractivity contribution >= 4 is 29.4 Å². The maximum atomic E-state index is 13.3. The molecule has 3 aromatic rings. The molecule has 1 unspecified atom stereocenters. The molecule has 0 aliphatic carbocycles. The van der Waals surface area contributed by atoms with Crippen LogP contribution in [-0.2, 0) is 16.1 Å². The zero-order valence-corrected chi connectivity index (χ0v) is 19.5. The van der Waals surface area contributed by atoms with Gasteiger partial charge in [-0.1, -0.05) is 60.7 Å². The van der Waals surface area contributed by atoms with Crippen molar-refractivity contribution in [3.63, 3.8) is 0 Å². The second-order valence-corrected chi connectivity index (χ2v) is 8.46. The minimum Gasteiger partial charge on any atom is -0.345 e. The highest BCUT2D eigenvalue weighted by molar-refractivity contribution is 6.08. The molecule has 1 atom stereocenters. The molecule has 4 rings (SSSR count). The van der Waals surface area contributed by atoms with Crippen LogP contribution in [0.25, 0.3) is 0 Å². The second-order valence-electron chi connectivity index (χ2n) is 8.46. The Hall–Kier alpha value is -4.46. The first kappa shape index (κ1) is 23.7. The number of anilines is 1. The van der Waals surface area contributed by atoms with Crippen molar-refractivity contribution in [1.82, 2.24) is 14.7 Å². The number of hydrogen-bond donors (Lipinski definition) is 1. The van der Waals surface area contributed by atoms with Gasteiger partial charge in [0.1, 0.15) is 12.6 Å². The molecule has 0 radical (unpaired) electrons. The quantitative estimate of drug-likeness (QED) is 0.535. The van der Waals surface area contributed by atoms with Gasteiger partial charge in [-0.15, -0.1) is 0 Å². The van der Waals surface area contributed by atoms with Crippen LogP contribution in [0.4, 0.5) is 10.5 Å². The number of hydrogen-bond acceptors (Lipinski definition) is 4. The summed E-state index contributed by atoms with van der Waals surface area (Å²) in [5.41, 5.74) is 2.52. The molecule has 178 valence electrons. The van der Waals surface area contributed by atoms with Crippen molar-refractivity contribution in [1.29, 1.82) is 0 Å². The summed E-state index contributed by atoms with van der Waals surface area (Å²) in [7, 11) is 3.32. The number of amides is 5. The Morgan fingerprint density at radius 1 is 0.857 bits per heavy atom. The van der Waals surface area contributed by atoms with E-state index >= 15 is 0 Å². The number of carbonyl (C=O) groups is 4. The molecule has 1 saturated heterocycles. The summed E-state index contributed by atoms with van der Waals surface area (Å²) in [6.07, 6.45) is 0. The predicted molar refractivity (Wildman–Crippen MR) is 131 cm³/mol. The lowest BCUT2D eigenvalue weighted by atomic mass is 10.1. The smallest absolute Gasteiger partial charge is 0.328 e. The molecule has 1 aliphatic rings. The first-order valence-electron chi connectivity index (χ1n) is 11.2. The third kappa shape index (κ3) is 5.22. The number of carbonyl (C=O) groups excluding carboxylic acids is 4. The Morgan fingerprint density at radius 3 is 2.06 bits per heavy atom. The van der Waals surface area contributed by atoms with Crippen LogP contribution < -0.4 is 5.32 Å². The zero-order valence-electron chi connectivity index (χ0n) is 19.5. The molecule has 0 spiro atoms. The van der Waals surface area contributed by atoms with E-state index in [1.165, 1.54) is 9.80 Å². The molecule has 8 heteroatoms. The fraction of sp³-hybridized carbons (Fsp3) is 0.185. The maximum absolute atomic E-state index is 13.3. The Labute approximate surface area is 203 Å². The minimum absolute atomic E-state index is 0.151. The van der Waals surface area contributed by atoms with Crippen molar-refractivity contribution in [3.8, 4) is 0 Å². The number of urea groups is 1. The second kappa shape index (κ2) is 10.2. The van der Waals surface area contributed by atoms with Gasteiger partial charge in [0.15, 0.2) is 0 Å². The molecular formula is C27H26N4O4. The highest BCUT2D eigenvalue weighted by Gasteiger charge is 2.46. The van der Waals surface area contributed by atoms with Gasteiger partial charge < -0.3 is 15.1 Å². The van der Waals surface area contributed by atoms with Crippen LogP contribution in [0.5, 0.6) is 0 Å². The molecule has 1 aliphatic heterocycles. The van der Waals surface area contributed by atoms with Crippen LogP contribution >= 0.6 is 0 Å². The van der Waals surface area contributed by atoms with Crippen molar-refractivity contribution < 1.29 is 19.2 Å². The lowest BCUT2D eigenvalue weighted by molar-refractivity contribution is -0.131. The molecule has 8 nitrogen and oxygen atoms in total. The van der Waals surface area contributed by atoms with E-state index in [-0.39, 0.29) is 12.5 Å². The molecule has 0 saturated carbocycles. The van der Waals surface area contributed by atoms with Crippen LogP contribution in [0.3, 0.4) is 0 Å². The number of benzene rings is 3. The van der Waals surface area contributed by atoms with Crippen molar-refractivity contribution in [2.45, 2.75) is 12.6 Å². The number of nitrogens with one attached hydrogen (secondary N) is 1. The third-order valence-corrected chi connectivity index (χ3v) is 5.72. The Morgan fingerprint density at radius 2 is 1.46 bits per heavy atom. The topological polar surface area (TPSA) is 90.0 Å². The van der Waals surface area contributed by atoms with E-state index in [9.17, 15) is 19.2 Å². The normalized spacial score (nSPS) is 15.3. The van der Waals surface area contributed by atoms with Gasteiger partial charge >= 0.3 is 6.03 Å². The molecule has 1 heterocycles. The van der Waals surface area contributed by atoms with Crippen LogP contribution in [0.15, 0.2) is 84.9 Å². The molecular weight excluding hydrogens is 444 g/mol. The van der Waals surface area contributed by atoms with E-state index in [4.69, 9.17) is 0 Å². The molecule has 0 bridgehead atoms. The standard InChI is InChI=1S/C27H26N4O4/c1-29(2)25(33)21-13-15-22(16-14-21)28-23(32)18-31-26(34)24(20-11-7-4-8-12-20)30(27(31)35)17-19-9-5-3-6-10-19/h3-16,24H,17-18H2,1-2H3,(H,28,32). The van der Waals surface area contributed by atoms with Gasteiger partial charge in [0.25, 0.3) is 11.8 Å². The van der Waals surface area contributed by atoms with E-state index in [2.05, 4.69) is 5.32 Å².